The molecule has 1 aliphatic carbocycles. The molecular formula is C18H26O3. The number of hydrogen-bond donors (Lipinski definition) is 0. The molecule has 2 rings (SSSR count). The van der Waals surface area contributed by atoms with Crippen LogP contribution in [-0.4, -0.2) is 20.0 Å². The van der Waals surface area contributed by atoms with E-state index in [1.165, 1.54) is 0 Å². The van der Waals surface area contributed by atoms with E-state index >= 15 is 0 Å². The zero-order valence-corrected chi connectivity index (χ0v) is 13.6. The molecule has 0 spiro atoms. The molecule has 0 saturated heterocycles. The number of benzene rings is 1. The highest BCUT2D eigenvalue weighted by Gasteiger charge is 2.37. The molecular weight excluding hydrogens is 264 g/mol. The zero-order valence-electron chi connectivity index (χ0n) is 13.6. The van der Waals surface area contributed by atoms with Crippen molar-refractivity contribution in [2.75, 3.05) is 14.2 Å². The fourth-order valence-electron chi connectivity index (χ4n) is 3.41. The normalized spacial score (nSPS) is 21.1. The molecule has 1 unspecified atom stereocenters. The monoisotopic (exact) mass is 290 g/mol. The predicted octanol–water partition coefficient (Wildman–Crippen LogP) is 4.03. The Labute approximate surface area is 127 Å². The molecule has 1 atom stereocenters. The maximum Gasteiger partial charge on any atom is 0.136 e. The van der Waals surface area contributed by atoms with Crippen molar-refractivity contribution < 1.29 is 14.3 Å². The van der Waals surface area contributed by atoms with Crippen LogP contribution in [-0.2, 0) is 11.2 Å². The standard InChI is InChI=1S/C18H26O3/c1-18(2)11-5-6-16(19)15(18)10-8-13-7-9-14(20-3)12-17(13)21-4/h7,9,12,15H,5-6,8,10-11H2,1-4H3. The first kappa shape index (κ1) is 15.9. The number of hydrogen-bond acceptors (Lipinski definition) is 3. The van der Waals surface area contributed by atoms with Crippen LogP contribution < -0.4 is 9.47 Å². The van der Waals surface area contributed by atoms with E-state index in [0.29, 0.717) is 5.78 Å². The SMILES string of the molecule is COc1ccc(CCC2C(=O)CCCC2(C)C)c(OC)c1. The van der Waals surface area contributed by atoms with Crippen molar-refractivity contribution in [3.63, 3.8) is 0 Å². The van der Waals surface area contributed by atoms with E-state index in [9.17, 15) is 4.79 Å². The van der Waals surface area contributed by atoms with Crippen molar-refractivity contribution in [2.45, 2.75) is 46.0 Å². The van der Waals surface area contributed by atoms with E-state index in [1.807, 2.05) is 18.2 Å². The van der Waals surface area contributed by atoms with Gasteiger partial charge in [-0.05, 0) is 42.7 Å². The predicted molar refractivity (Wildman–Crippen MR) is 84.0 cm³/mol. The number of Topliss-reactive ketones (excluding diaryl/α,β-unsaturated/α-hetero) is 1. The second-order valence-electron chi connectivity index (χ2n) is 6.58. The van der Waals surface area contributed by atoms with Crippen LogP contribution in [0, 0.1) is 11.3 Å². The Balaban J connectivity index is 2.10. The highest BCUT2D eigenvalue weighted by atomic mass is 16.5. The summed E-state index contributed by atoms with van der Waals surface area (Å²) in [6.45, 7) is 4.44. The summed E-state index contributed by atoms with van der Waals surface area (Å²) in [6.07, 6.45) is 4.69. The molecule has 1 aromatic carbocycles. The molecule has 116 valence electrons. The van der Waals surface area contributed by atoms with Crippen LogP contribution in [0.3, 0.4) is 0 Å². The second-order valence-corrected chi connectivity index (χ2v) is 6.58. The molecule has 0 bridgehead atoms. The molecule has 0 heterocycles. The van der Waals surface area contributed by atoms with Gasteiger partial charge in [0.05, 0.1) is 14.2 Å². The van der Waals surface area contributed by atoms with Gasteiger partial charge in [-0.3, -0.25) is 4.79 Å². The Morgan fingerprint density at radius 1 is 1.24 bits per heavy atom. The molecule has 1 aromatic rings. The van der Waals surface area contributed by atoms with E-state index in [0.717, 1.165) is 49.2 Å². The van der Waals surface area contributed by atoms with Crippen LogP contribution in [0.4, 0.5) is 0 Å². The van der Waals surface area contributed by atoms with Crippen LogP contribution in [0.25, 0.3) is 0 Å². The quantitative estimate of drug-likeness (QED) is 0.821. The van der Waals surface area contributed by atoms with E-state index in [2.05, 4.69) is 13.8 Å². The lowest BCUT2D eigenvalue weighted by atomic mass is 9.66. The van der Waals surface area contributed by atoms with Crippen LogP contribution in [0.2, 0.25) is 0 Å². The smallest absolute Gasteiger partial charge is 0.136 e. The van der Waals surface area contributed by atoms with Crippen molar-refractivity contribution >= 4 is 5.78 Å². The number of aryl methyl sites for hydroxylation is 1. The number of rotatable bonds is 5. The Kier molecular flexibility index (Phi) is 4.92. The highest BCUT2D eigenvalue weighted by molar-refractivity contribution is 5.82. The van der Waals surface area contributed by atoms with Gasteiger partial charge in [0.1, 0.15) is 17.3 Å². The summed E-state index contributed by atoms with van der Waals surface area (Å²) in [4.78, 5) is 12.2. The lowest BCUT2D eigenvalue weighted by molar-refractivity contribution is -0.129. The Morgan fingerprint density at radius 2 is 2.00 bits per heavy atom. The van der Waals surface area contributed by atoms with Crippen LogP contribution in [0.5, 0.6) is 11.5 Å². The van der Waals surface area contributed by atoms with Gasteiger partial charge in [-0.25, -0.2) is 0 Å². The van der Waals surface area contributed by atoms with Gasteiger partial charge in [-0.2, -0.15) is 0 Å². The third-order valence-corrected chi connectivity index (χ3v) is 4.77. The minimum Gasteiger partial charge on any atom is -0.497 e. The van der Waals surface area contributed by atoms with E-state index in [1.54, 1.807) is 14.2 Å². The first-order valence-corrected chi connectivity index (χ1v) is 7.71. The average Bonchev–Trinajstić information content (AvgIpc) is 2.46. The van der Waals surface area contributed by atoms with Gasteiger partial charge in [-0.15, -0.1) is 0 Å². The number of ketones is 1. The molecule has 21 heavy (non-hydrogen) atoms. The summed E-state index contributed by atoms with van der Waals surface area (Å²) in [5.41, 5.74) is 1.27. The number of carbonyl (C=O) groups excluding carboxylic acids is 1. The molecule has 0 aliphatic heterocycles. The molecule has 1 aliphatic rings. The highest BCUT2D eigenvalue weighted by Crippen LogP contribution is 2.41. The fraction of sp³-hybridized carbons (Fsp3) is 0.611. The van der Waals surface area contributed by atoms with Crippen molar-refractivity contribution in [1.29, 1.82) is 0 Å². The summed E-state index contributed by atoms with van der Waals surface area (Å²) >= 11 is 0. The first-order chi connectivity index (χ1) is 9.97. The van der Waals surface area contributed by atoms with Crippen LogP contribution in [0.1, 0.15) is 45.1 Å². The number of ether oxygens (including phenoxy) is 2. The number of methoxy groups -OCH3 is 2. The van der Waals surface area contributed by atoms with Gasteiger partial charge in [0.15, 0.2) is 0 Å². The third kappa shape index (κ3) is 3.58. The summed E-state index contributed by atoms with van der Waals surface area (Å²) in [5.74, 6) is 2.23. The molecule has 3 heteroatoms. The summed E-state index contributed by atoms with van der Waals surface area (Å²) in [6, 6.07) is 5.90. The van der Waals surface area contributed by atoms with Crippen molar-refractivity contribution in [1.82, 2.24) is 0 Å². The van der Waals surface area contributed by atoms with Gasteiger partial charge < -0.3 is 9.47 Å². The summed E-state index contributed by atoms with van der Waals surface area (Å²) < 4.78 is 10.7. The first-order valence-electron chi connectivity index (χ1n) is 7.71. The Bertz CT molecular complexity index is 505. The van der Waals surface area contributed by atoms with Crippen molar-refractivity contribution in [3.8, 4) is 11.5 Å². The summed E-state index contributed by atoms with van der Waals surface area (Å²) in [5, 5.41) is 0. The molecule has 0 amide bonds. The van der Waals surface area contributed by atoms with Crippen molar-refractivity contribution in [2.24, 2.45) is 11.3 Å². The largest absolute Gasteiger partial charge is 0.497 e. The lowest BCUT2D eigenvalue weighted by Gasteiger charge is -2.37. The number of carbonyl (C=O) groups is 1. The molecule has 1 saturated carbocycles. The Morgan fingerprint density at radius 3 is 2.62 bits per heavy atom. The topological polar surface area (TPSA) is 35.5 Å². The minimum absolute atomic E-state index is 0.120. The average molecular weight is 290 g/mol. The summed E-state index contributed by atoms with van der Waals surface area (Å²) in [7, 11) is 3.33. The van der Waals surface area contributed by atoms with Gasteiger partial charge in [-0.1, -0.05) is 19.9 Å². The van der Waals surface area contributed by atoms with Crippen LogP contribution in [0.15, 0.2) is 18.2 Å². The van der Waals surface area contributed by atoms with Crippen molar-refractivity contribution in [3.05, 3.63) is 23.8 Å². The van der Waals surface area contributed by atoms with Crippen LogP contribution >= 0.6 is 0 Å². The van der Waals surface area contributed by atoms with Gasteiger partial charge in [0, 0.05) is 18.4 Å². The molecule has 0 N–H and O–H groups in total. The zero-order chi connectivity index (χ0) is 15.5. The molecule has 0 aromatic heterocycles. The van der Waals surface area contributed by atoms with E-state index in [-0.39, 0.29) is 11.3 Å². The van der Waals surface area contributed by atoms with Gasteiger partial charge >= 0.3 is 0 Å². The third-order valence-electron chi connectivity index (χ3n) is 4.77. The maximum absolute atomic E-state index is 12.2. The minimum atomic E-state index is 0.120. The van der Waals surface area contributed by atoms with Gasteiger partial charge in [0.25, 0.3) is 0 Å². The lowest BCUT2D eigenvalue weighted by Crippen LogP contribution is -2.35. The Hall–Kier alpha value is -1.51. The van der Waals surface area contributed by atoms with E-state index < -0.39 is 0 Å². The molecule has 3 nitrogen and oxygen atoms in total. The maximum atomic E-state index is 12.2. The molecule has 0 radical (unpaired) electrons. The molecule has 1 fully saturated rings. The van der Waals surface area contributed by atoms with E-state index in [4.69, 9.17) is 9.47 Å². The second kappa shape index (κ2) is 6.50. The van der Waals surface area contributed by atoms with Gasteiger partial charge in [0.2, 0.25) is 0 Å². The fourth-order valence-corrected chi connectivity index (χ4v) is 3.41.